The Morgan fingerprint density at radius 1 is 0.800 bits per heavy atom. The van der Waals surface area contributed by atoms with Crippen molar-refractivity contribution in [3.8, 4) is 12.1 Å². The van der Waals surface area contributed by atoms with Crippen molar-refractivity contribution in [1.29, 1.82) is 10.5 Å². The molecule has 2 aromatic rings. The second-order valence-electron chi connectivity index (χ2n) is 5.34. The van der Waals surface area contributed by atoms with E-state index in [9.17, 15) is 9.59 Å². The van der Waals surface area contributed by atoms with Gasteiger partial charge >= 0.3 is 0 Å². The minimum atomic E-state index is -0.214. The Balaban J connectivity index is 1.76. The molecule has 2 amide bonds. The van der Waals surface area contributed by atoms with Crippen molar-refractivity contribution in [1.82, 2.24) is 0 Å². The van der Waals surface area contributed by atoms with Crippen molar-refractivity contribution in [2.45, 2.75) is 19.3 Å². The predicted molar refractivity (Wildman–Crippen MR) is 93.4 cm³/mol. The fourth-order valence-electron chi connectivity index (χ4n) is 2.19. The van der Waals surface area contributed by atoms with Crippen LogP contribution in [-0.2, 0) is 9.59 Å². The molecule has 25 heavy (non-hydrogen) atoms. The molecule has 0 fully saturated rings. The van der Waals surface area contributed by atoms with Gasteiger partial charge in [0, 0.05) is 24.2 Å². The monoisotopic (exact) mass is 332 g/mol. The zero-order valence-electron chi connectivity index (χ0n) is 13.5. The van der Waals surface area contributed by atoms with Gasteiger partial charge in [-0.3, -0.25) is 9.59 Å². The molecule has 124 valence electrons. The van der Waals surface area contributed by atoms with Gasteiger partial charge in [-0.1, -0.05) is 12.1 Å². The van der Waals surface area contributed by atoms with Gasteiger partial charge in [0.15, 0.2) is 0 Å². The topological polar surface area (TPSA) is 106 Å². The molecular weight excluding hydrogens is 316 g/mol. The Bertz CT molecular complexity index is 791. The number of nitrogens with zero attached hydrogens (tertiary/aromatic N) is 2. The van der Waals surface area contributed by atoms with Crippen molar-refractivity contribution >= 4 is 23.2 Å². The van der Waals surface area contributed by atoms with Gasteiger partial charge in [-0.15, -0.1) is 0 Å². The number of nitriles is 2. The lowest BCUT2D eigenvalue weighted by molar-refractivity contribution is -0.117. The maximum absolute atomic E-state index is 11.9. The van der Waals surface area contributed by atoms with Crippen LogP contribution < -0.4 is 10.6 Å². The predicted octanol–water partition coefficient (Wildman–Crippen LogP) is 3.18. The van der Waals surface area contributed by atoms with Crippen LogP contribution in [-0.4, -0.2) is 11.8 Å². The first-order valence-electron chi connectivity index (χ1n) is 7.71. The molecule has 0 radical (unpaired) electrons. The number of carbonyl (C=O) groups excluding carboxylic acids is 2. The van der Waals surface area contributed by atoms with Crippen LogP contribution in [0.1, 0.15) is 30.4 Å². The molecule has 6 nitrogen and oxygen atoms in total. The number of amides is 2. The van der Waals surface area contributed by atoms with Gasteiger partial charge in [-0.05, 0) is 42.8 Å². The molecule has 0 aliphatic rings. The van der Waals surface area contributed by atoms with Gasteiger partial charge in [-0.2, -0.15) is 10.5 Å². The van der Waals surface area contributed by atoms with E-state index < -0.39 is 0 Å². The summed E-state index contributed by atoms with van der Waals surface area (Å²) in [6.45, 7) is 0. The molecule has 6 heteroatoms. The van der Waals surface area contributed by atoms with E-state index in [0.717, 1.165) is 0 Å². The molecular formula is C19H16N4O2. The van der Waals surface area contributed by atoms with Crippen molar-refractivity contribution in [3.05, 3.63) is 59.7 Å². The summed E-state index contributed by atoms with van der Waals surface area (Å²) < 4.78 is 0. The van der Waals surface area contributed by atoms with Gasteiger partial charge < -0.3 is 10.6 Å². The molecule has 2 aromatic carbocycles. The Kier molecular flexibility index (Phi) is 6.27. The first kappa shape index (κ1) is 17.7. The molecule has 0 aliphatic heterocycles. The zero-order valence-corrected chi connectivity index (χ0v) is 13.5. The van der Waals surface area contributed by atoms with Gasteiger partial charge in [0.25, 0.3) is 0 Å². The van der Waals surface area contributed by atoms with Gasteiger partial charge in [-0.25, -0.2) is 0 Å². The Hall–Kier alpha value is -3.64. The third kappa shape index (κ3) is 5.81. The van der Waals surface area contributed by atoms with E-state index in [-0.39, 0.29) is 24.7 Å². The van der Waals surface area contributed by atoms with Crippen LogP contribution in [0.25, 0.3) is 0 Å². The molecule has 0 aliphatic carbocycles. The van der Waals surface area contributed by atoms with Crippen LogP contribution in [0.2, 0.25) is 0 Å². The molecule has 0 atom stereocenters. The largest absolute Gasteiger partial charge is 0.326 e. The second-order valence-corrected chi connectivity index (χ2v) is 5.34. The number of hydrogen-bond donors (Lipinski definition) is 2. The fourth-order valence-corrected chi connectivity index (χ4v) is 2.19. The molecule has 2 rings (SSSR count). The van der Waals surface area contributed by atoms with Crippen LogP contribution in [0.15, 0.2) is 48.5 Å². The summed E-state index contributed by atoms with van der Waals surface area (Å²) in [5.41, 5.74) is 2.05. The summed E-state index contributed by atoms with van der Waals surface area (Å²) in [6, 6.07) is 17.3. The standard InChI is InChI=1S/C19H16N4O2/c20-12-14-4-1-6-16(10-14)22-18(24)8-3-9-19(25)23-17-7-2-5-15(11-17)13-21/h1-2,4-7,10-11H,3,8-9H2,(H,22,24)(H,23,25). The van der Waals surface area contributed by atoms with Crippen molar-refractivity contribution in [2.24, 2.45) is 0 Å². The Morgan fingerprint density at radius 2 is 1.24 bits per heavy atom. The maximum Gasteiger partial charge on any atom is 0.224 e. The summed E-state index contributed by atoms with van der Waals surface area (Å²) in [6.07, 6.45) is 0.790. The normalized spacial score (nSPS) is 9.52. The third-order valence-corrected chi connectivity index (χ3v) is 3.36. The molecule has 0 saturated carbocycles. The van der Waals surface area contributed by atoms with Crippen LogP contribution in [0.4, 0.5) is 11.4 Å². The smallest absolute Gasteiger partial charge is 0.224 e. The third-order valence-electron chi connectivity index (χ3n) is 3.36. The fraction of sp³-hybridized carbons (Fsp3) is 0.158. The lowest BCUT2D eigenvalue weighted by Gasteiger charge is -2.07. The van der Waals surface area contributed by atoms with Crippen molar-refractivity contribution in [2.75, 3.05) is 10.6 Å². The molecule has 0 saturated heterocycles. The van der Waals surface area contributed by atoms with Gasteiger partial charge in [0.1, 0.15) is 0 Å². The van der Waals surface area contributed by atoms with E-state index in [4.69, 9.17) is 10.5 Å². The van der Waals surface area contributed by atoms with E-state index in [1.807, 2.05) is 12.1 Å². The van der Waals surface area contributed by atoms with Crippen LogP contribution >= 0.6 is 0 Å². The maximum atomic E-state index is 11.9. The first-order chi connectivity index (χ1) is 12.1. The number of hydrogen-bond acceptors (Lipinski definition) is 4. The van der Waals surface area contributed by atoms with Crippen LogP contribution in [0, 0.1) is 22.7 Å². The number of carbonyl (C=O) groups is 2. The summed E-state index contributed by atoms with van der Waals surface area (Å²) >= 11 is 0. The number of nitrogens with one attached hydrogen (secondary N) is 2. The molecule has 0 heterocycles. The zero-order chi connectivity index (χ0) is 18.1. The lowest BCUT2D eigenvalue weighted by Crippen LogP contribution is -2.15. The molecule has 2 N–H and O–H groups in total. The number of rotatable bonds is 6. The quantitative estimate of drug-likeness (QED) is 0.847. The summed E-state index contributed by atoms with van der Waals surface area (Å²) in [4.78, 5) is 23.7. The van der Waals surface area contributed by atoms with E-state index in [1.165, 1.54) is 0 Å². The van der Waals surface area contributed by atoms with Gasteiger partial charge in [0.05, 0.1) is 23.3 Å². The molecule has 0 aromatic heterocycles. The number of benzene rings is 2. The Morgan fingerprint density at radius 3 is 1.64 bits per heavy atom. The minimum Gasteiger partial charge on any atom is -0.326 e. The van der Waals surface area contributed by atoms with Crippen LogP contribution in [0.5, 0.6) is 0 Å². The van der Waals surface area contributed by atoms with E-state index in [0.29, 0.717) is 28.9 Å². The lowest BCUT2D eigenvalue weighted by atomic mass is 10.2. The highest BCUT2D eigenvalue weighted by molar-refractivity contribution is 5.93. The number of anilines is 2. The SMILES string of the molecule is N#Cc1cccc(NC(=O)CCCC(=O)Nc2cccc(C#N)c2)c1. The minimum absolute atomic E-state index is 0.197. The highest BCUT2D eigenvalue weighted by Crippen LogP contribution is 2.12. The highest BCUT2D eigenvalue weighted by Gasteiger charge is 2.07. The average Bonchev–Trinajstić information content (AvgIpc) is 2.62. The molecule has 0 unspecified atom stereocenters. The van der Waals surface area contributed by atoms with Crippen LogP contribution in [0.3, 0.4) is 0 Å². The average molecular weight is 332 g/mol. The van der Waals surface area contributed by atoms with E-state index in [1.54, 1.807) is 48.5 Å². The second kappa shape index (κ2) is 8.85. The molecule has 0 bridgehead atoms. The summed E-state index contributed by atoms with van der Waals surface area (Å²) in [7, 11) is 0. The van der Waals surface area contributed by atoms with Gasteiger partial charge in [0.2, 0.25) is 11.8 Å². The summed E-state index contributed by atoms with van der Waals surface area (Å²) in [5.74, 6) is -0.427. The summed E-state index contributed by atoms with van der Waals surface area (Å²) in [5, 5.41) is 23.1. The molecule has 0 spiro atoms. The van der Waals surface area contributed by atoms with Crippen molar-refractivity contribution in [3.63, 3.8) is 0 Å². The van der Waals surface area contributed by atoms with E-state index in [2.05, 4.69) is 10.6 Å². The first-order valence-corrected chi connectivity index (χ1v) is 7.71. The Labute approximate surface area is 145 Å². The van der Waals surface area contributed by atoms with E-state index >= 15 is 0 Å². The highest BCUT2D eigenvalue weighted by atomic mass is 16.2. The van der Waals surface area contributed by atoms with Crippen molar-refractivity contribution < 1.29 is 9.59 Å².